The Morgan fingerprint density at radius 2 is 1.90 bits per heavy atom. The molecule has 1 fully saturated rings. The van der Waals surface area contributed by atoms with E-state index in [4.69, 9.17) is 9.47 Å². The summed E-state index contributed by atoms with van der Waals surface area (Å²) in [5.74, 6) is 0.773. The van der Waals surface area contributed by atoms with Crippen LogP contribution in [0, 0.1) is 0 Å². The first-order valence-corrected chi connectivity index (χ1v) is 11.6. The first kappa shape index (κ1) is 19.4. The van der Waals surface area contributed by atoms with E-state index in [0.717, 1.165) is 44.4 Å². The standard InChI is InChI=1S/C23H26N2O4S/c26-21(6-7-22(27)25-12-8-20-16(15-25)9-13-30-20)24-17-4-5-18-19(14-17)29-23(28-18)10-2-1-3-11-23/h4-5,9,13-14H,1-3,6-8,10-12,15H2,(H,24,26). The van der Waals surface area contributed by atoms with Crippen LogP contribution in [0.25, 0.3) is 0 Å². The average molecular weight is 427 g/mol. The number of rotatable bonds is 4. The van der Waals surface area contributed by atoms with Gasteiger partial charge in [0, 0.05) is 55.4 Å². The predicted octanol–water partition coefficient (Wildman–Crippen LogP) is 4.48. The first-order chi connectivity index (χ1) is 14.6. The molecular weight excluding hydrogens is 400 g/mol. The number of ether oxygens (including phenoxy) is 2. The van der Waals surface area contributed by atoms with Crippen molar-refractivity contribution in [2.24, 2.45) is 0 Å². The van der Waals surface area contributed by atoms with Crippen molar-refractivity contribution in [1.29, 1.82) is 0 Å². The second-order valence-corrected chi connectivity index (χ2v) is 9.32. The molecule has 1 saturated carbocycles. The number of benzene rings is 1. The molecule has 1 N–H and O–H groups in total. The molecule has 2 aromatic rings. The van der Waals surface area contributed by atoms with Crippen molar-refractivity contribution in [2.45, 2.75) is 63.7 Å². The molecule has 0 atom stereocenters. The van der Waals surface area contributed by atoms with Crippen molar-refractivity contribution in [3.63, 3.8) is 0 Å². The van der Waals surface area contributed by atoms with E-state index in [-0.39, 0.29) is 24.7 Å². The SMILES string of the molecule is O=C(CCC(=O)N1CCc2sccc2C1)Nc1ccc2c(c1)OC1(CCCCC1)O2. The number of thiophene rings is 1. The molecule has 1 spiro atoms. The fourth-order valence-corrected chi connectivity index (χ4v) is 5.42. The minimum atomic E-state index is -0.521. The maximum atomic E-state index is 12.5. The molecule has 5 rings (SSSR count). The molecule has 0 radical (unpaired) electrons. The van der Waals surface area contributed by atoms with E-state index >= 15 is 0 Å². The lowest BCUT2D eigenvalue weighted by molar-refractivity contribution is -0.133. The highest BCUT2D eigenvalue weighted by atomic mass is 32.1. The van der Waals surface area contributed by atoms with E-state index < -0.39 is 5.79 Å². The van der Waals surface area contributed by atoms with Crippen molar-refractivity contribution < 1.29 is 19.1 Å². The van der Waals surface area contributed by atoms with Gasteiger partial charge in [0.1, 0.15) is 0 Å². The van der Waals surface area contributed by atoms with Gasteiger partial charge in [0.2, 0.25) is 11.8 Å². The van der Waals surface area contributed by atoms with Crippen LogP contribution in [0.3, 0.4) is 0 Å². The third-order valence-corrected chi connectivity index (χ3v) is 7.18. The van der Waals surface area contributed by atoms with Gasteiger partial charge in [0.15, 0.2) is 11.5 Å². The van der Waals surface area contributed by atoms with Crippen LogP contribution in [0.4, 0.5) is 5.69 Å². The lowest BCUT2D eigenvalue weighted by atomic mass is 9.94. The van der Waals surface area contributed by atoms with Gasteiger partial charge in [0.05, 0.1) is 0 Å². The zero-order valence-corrected chi connectivity index (χ0v) is 17.8. The van der Waals surface area contributed by atoms with E-state index in [1.165, 1.54) is 16.9 Å². The maximum Gasteiger partial charge on any atom is 0.251 e. The van der Waals surface area contributed by atoms with Gasteiger partial charge in [-0.3, -0.25) is 9.59 Å². The van der Waals surface area contributed by atoms with Crippen molar-refractivity contribution >= 4 is 28.8 Å². The second kappa shape index (κ2) is 7.95. The molecule has 3 aliphatic rings. The third-order valence-electron chi connectivity index (χ3n) is 6.16. The third kappa shape index (κ3) is 3.90. The Balaban J connectivity index is 1.13. The average Bonchev–Trinajstić information content (AvgIpc) is 3.35. The highest BCUT2D eigenvalue weighted by Gasteiger charge is 2.42. The Morgan fingerprint density at radius 3 is 2.77 bits per heavy atom. The highest BCUT2D eigenvalue weighted by Crippen LogP contribution is 2.46. The molecule has 0 unspecified atom stereocenters. The van der Waals surface area contributed by atoms with Crippen molar-refractivity contribution in [3.05, 3.63) is 40.1 Å². The fourth-order valence-electron chi connectivity index (χ4n) is 4.53. The largest absolute Gasteiger partial charge is 0.448 e. The van der Waals surface area contributed by atoms with Crippen LogP contribution >= 0.6 is 11.3 Å². The number of amides is 2. The summed E-state index contributed by atoms with van der Waals surface area (Å²) in [6.07, 6.45) is 6.53. The molecule has 2 aliphatic heterocycles. The minimum absolute atomic E-state index is 0.0342. The molecule has 7 heteroatoms. The Kier molecular flexibility index (Phi) is 5.15. The minimum Gasteiger partial charge on any atom is -0.448 e. The monoisotopic (exact) mass is 426 g/mol. The van der Waals surface area contributed by atoms with Gasteiger partial charge in [-0.15, -0.1) is 11.3 Å². The second-order valence-electron chi connectivity index (χ2n) is 8.32. The number of anilines is 1. The van der Waals surface area contributed by atoms with E-state index in [1.807, 2.05) is 23.1 Å². The summed E-state index contributed by atoms with van der Waals surface area (Å²) in [6, 6.07) is 7.59. The van der Waals surface area contributed by atoms with Crippen LogP contribution in [0.5, 0.6) is 11.5 Å². The summed E-state index contributed by atoms with van der Waals surface area (Å²) < 4.78 is 12.2. The molecule has 158 valence electrons. The van der Waals surface area contributed by atoms with Gasteiger partial charge >= 0.3 is 0 Å². The summed E-state index contributed by atoms with van der Waals surface area (Å²) in [5.41, 5.74) is 1.91. The zero-order valence-electron chi connectivity index (χ0n) is 16.9. The van der Waals surface area contributed by atoms with Gasteiger partial charge in [-0.1, -0.05) is 6.42 Å². The Morgan fingerprint density at radius 1 is 1.07 bits per heavy atom. The fraction of sp³-hybridized carbons (Fsp3) is 0.478. The van der Waals surface area contributed by atoms with E-state index in [0.29, 0.717) is 18.0 Å². The van der Waals surface area contributed by atoms with Gasteiger partial charge in [-0.25, -0.2) is 0 Å². The van der Waals surface area contributed by atoms with E-state index in [1.54, 1.807) is 11.3 Å². The normalized spacial score (nSPS) is 18.9. The number of nitrogens with one attached hydrogen (secondary N) is 1. The van der Waals surface area contributed by atoms with E-state index in [9.17, 15) is 9.59 Å². The quantitative estimate of drug-likeness (QED) is 0.783. The zero-order chi connectivity index (χ0) is 20.6. The number of carbonyl (C=O) groups excluding carboxylic acids is 2. The molecule has 6 nitrogen and oxygen atoms in total. The Bertz CT molecular complexity index is 964. The molecule has 3 heterocycles. The van der Waals surface area contributed by atoms with Crippen LogP contribution in [-0.4, -0.2) is 29.0 Å². The number of hydrogen-bond acceptors (Lipinski definition) is 5. The highest BCUT2D eigenvalue weighted by molar-refractivity contribution is 7.10. The molecule has 2 amide bonds. The van der Waals surface area contributed by atoms with E-state index in [2.05, 4.69) is 16.8 Å². The number of hydrogen-bond donors (Lipinski definition) is 1. The van der Waals surface area contributed by atoms with Gasteiger partial charge < -0.3 is 19.7 Å². The predicted molar refractivity (Wildman–Crippen MR) is 115 cm³/mol. The van der Waals surface area contributed by atoms with Crippen LogP contribution in [-0.2, 0) is 22.6 Å². The topological polar surface area (TPSA) is 67.9 Å². The summed E-state index contributed by atoms with van der Waals surface area (Å²) in [7, 11) is 0. The smallest absolute Gasteiger partial charge is 0.251 e. The lowest BCUT2D eigenvalue weighted by Gasteiger charge is -2.31. The molecule has 0 bridgehead atoms. The molecule has 1 aromatic carbocycles. The molecule has 0 saturated heterocycles. The lowest BCUT2D eigenvalue weighted by Crippen LogP contribution is -2.40. The van der Waals surface area contributed by atoms with Crippen molar-refractivity contribution in [2.75, 3.05) is 11.9 Å². The van der Waals surface area contributed by atoms with Gasteiger partial charge in [0.25, 0.3) is 5.79 Å². The number of carbonyl (C=O) groups is 2. The molecule has 30 heavy (non-hydrogen) atoms. The van der Waals surface area contributed by atoms with Crippen LogP contribution < -0.4 is 14.8 Å². The van der Waals surface area contributed by atoms with Crippen molar-refractivity contribution in [1.82, 2.24) is 4.90 Å². The molecule has 1 aromatic heterocycles. The summed E-state index contributed by atoms with van der Waals surface area (Å²) >= 11 is 1.75. The van der Waals surface area contributed by atoms with Gasteiger partial charge in [-0.2, -0.15) is 0 Å². The van der Waals surface area contributed by atoms with Crippen molar-refractivity contribution in [3.8, 4) is 11.5 Å². The maximum absolute atomic E-state index is 12.5. The number of fused-ring (bicyclic) bond motifs is 2. The number of nitrogens with zero attached hydrogens (tertiary/aromatic N) is 1. The Hall–Kier alpha value is -2.54. The van der Waals surface area contributed by atoms with Gasteiger partial charge in [-0.05, 0) is 48.4 Å². The van der Waals surface area contributed by atoms with Crippen LogP contribution in [0.1, 0.15) is 55.4 Å². The summed E-state index contributed by atoms with van der Waals surface area (Å²) in [5, 5.41) is 4.97. The summed E-state index contributed by atoms with van der Waals surface area (Å²) in [4.78, 5) is 28.1. The summed E-state index contributed by atoms with van der Waals surface area (Å²) in [6.45, 7) is 1.39. The molecule has 1 aliphatic carbocycles. The first-order valence-electron chi connectivity index (χ1n) is 10.8. The van der Waals surface area contributed by atoms with Crippen LogP contribution in [0.15, 0.2) is 29.6 Å². The molecular formula is C23H26N2O4S. The van der Waals surface area contributed by atoms with Crippen LogP contribution in [0.2, 0.25) is 0 Å². The Labute approximate surface area is 180 Å².